The second-order valence-electron chi connectivity index (χ2n) is 1.67. The Morgan fingerprint density at radius 3 is 2.38 bits per heavy atom. The van der Waals surface area contributed by atoms with Crippen LogP contribution < -0.4 is 5.32 Å². The maximum absolute atomic E-state index is 10.6. The van der Waals surface area contributed by atoms with E-state index in [1.54, 1.807) is 0 Å². The Morgan fingerprint density at radius 2 is 2.25 bits per heavy atom. The summed E-state index contributed by atoms with van der Waals surface area (Å²) < 4.78 is 21.2. The highest BCUT2D eigenvalue weighted by Crippen LogP contribution is 2.05. The molecule has 0 amide bonds. The van der Waals surface area contributed by atoms with E-state index < -0.39 is 9.84 Å². The number of sulfone groups is 1. The van der Waals surface area contributed by atoms with Gasteiger partial charge in [0.1, 0.15) is 5.03 Å². The number of hydrogen-bond donors (Lipinski definition) is 1. The highest BCUT2D eigenvalue weighted by atomic mass is 32.2. The maximum Gasteiger partial charge on any atom is 0.194 e. The van der Waals surface area contributed by atoms with Crippen molar-refractivity contribution in [2.45, 2.75) is 0 Å². The summed E-state index contributed by atoms with van der Waals surface area (Å²) in [5, 5.41) is 2.79. The van der Waals surface area contributed by atoms with Crippen LogP contribution in [-0.2, 0) is 9.84 Å². The third-order valence-electron chi connectivity index (χ3n) is 1.07. The molecule has 1 heterocycles. The van der Waals surface area contributed by atoms with Crippen molar-refractivity contribution in [2.75, 3.05) is 12.3 Å². The molecule has 0 aliphatic carbocycles. The fourth-order valence-corrected chi connectivity index (χ4v) is 1.50. The molecule has 1 aliphatic heterocycles. The lowest BCUT2D eigenvalue weighted by Gasteiger charge is -1.89. The Balaban J connectivity index is 3.02. The Hall–Kier alpha value is -0.510. The molecule has 0 aromatic heterocycles. The third-order valence-corrected chi connectivity index (χ3v) is 2.71. The van der Waals surface area contributed by atoms with Crippen LogP contribution in [0.2, 0.25) is 0 Å². The Labute approximate surface area is 48.3 Å². The van der Waals surface area contributed by atoms with E-state index in [-0.39, 0.29) is 10.8 Å². The fourth-order valence-electron chi connectivity index (χ4n) is 0.558. The van der Waals surface area contributed by atoms with E-state index in [2.05, 4.69) is 11.9 Å². The molecule has 1 saturated heterocycles. The standard InChI is InChI=1S/C4H7NO2S/c1-4-5-2-3-8(4,6)7/h5H,1-3H2. The fraction of sp³-hybridized carbons (Fsp3) is 0.500. The first-order chi connectivity index (χ1) is 3.63. The van der Waals surface area contributed by atoms with Gasteiger partial charge in [0.25, 0.3) is 0 Å². The van der Waals surface area contributed by atoms with Gasteiger partial charge in [-0.3, -0.25) is 0 Å². The van der Waals surface area contributed by atoms with Crippen LogP contribution in [0.1, 0.15) is 0 Å². The summed E-state index contributed by atoms with van der Waals surface area (Å²) in [5.74, 6) is 0.200. The first kappa shape index (κ1) is 5.62. The zero-order chi connectivity index (χ0) is 6.20. The van der Waals surface area contributed by atoms with Gasteiger partial charge in [0.15, 0.2) is 9.84 Å². The van der Waals surface area contributed by atoms with Crippen molar-refractivity contribution >= 4 is 9.84 Å². The first-order valence-electron chi connectivity index (χ1n) is 2.28. The molecule has 1 aliphatic rings. The van der Waals surface area contributed by atoms with Gasteiger partial charge in [0, 0.05) is 6.54 Å². The summed E-state index contributed by atoms with van der Waals surface area (Å²) in [6, 6.07) is 0. The molecule has 1 rings (SSSR count). The molecule has 0 unspecified atom stereocenters. The van der Waals surface area contributed by atoms with Crippen molar-refractivity contribution in [3.8, 4) is 0 Å². The van der Waals surface area contributed by atoms with Gasteiger partial charge in [-0.2, -0.15) is 0 Å². The molecule has 0 aromatic rings. The molecule has 0 radical (unpaired) electrons. The van der Waals surface area contributed by atoms with Crippen LogP contribution in [0.3, 0.4) is 0 Å². The van der Waals surface area contributed by atoms with Crippen LogP contribution in [0.5, 0.6) is 0 Å². The molecule has 3 nitrogen and oxygen atoms in total. The number of rotatable bonds is 0. The molecule has 1 fully saturated rings. The van der Waals surface area contributed by atoms with Crippen LogP contribution in [0.15, 0.2) is 11.6 Å². The van der Waals surface area contributed by atoms with Gasteiger partial charge < -0.3 is 5.32 Å². The topological polar surface area (TPSA) is 46.2 Å². The van der Waals surface area contributed by atoms with E-state index in [0.717, 1.165) is 0 Å². The summed E-state index contributed by atoms with van der Waals surface area (Å²) >= 11 is 0. The minimum Gasteiger partial charge on any atom is -0.375 e. The summed E-state index contributed by atoms with van der Waals surface area (Å²) in [5.41, 5.74) is 0. The number of hydrogen-bond acceptors (Lipinski definition) is 3. The highest BCUT2D eigenvalue weighted by molar-refractivity contribution is 7.95. The average Bonchev–Trinajstić information content (AvgIpc) is 1.86. The molecule has 4 heteroatoms. The molecule has 0 aromatic carbocycles. The van der Waals surface area contributed by atoms with E-state index in [9.17, 15) is 8.42 Å². The SMILES string of the molecule is C=C1NCCS1(=O)=O. The van der Waals surface area contributed by atoms with Crippen LogP contribution >= 0.6 is 0 Å². The van der Waals surface area contributed by atoms with Crippen molar-refractivity contribution in [1.82, 2.24) is 5.32 Å². The Morgan fingerprint density at radius 1 is 1.62 bits per heavy atom. The molecular formula is C4H7NO2S. The minimum atomic E-state index is -2.93. The van der Waals surface area contributed by atoms with Crippen molar-refractivity contribution in [3.05, 3.63) is 11.6 Å². The predicted molar refractivity (Wildman–Crippen MR) is 30.9 cm³/mol. The lowest BCUT2D eigenvalue weighted by Crippen LogP contribution is -2.04. The molecule has 1 N–H and O–H groups in total. The maximum atomic E-state index is 10.6. The van der Waals surface area contributed by atoms with Gasteiger partial charge in [-0.25, -0.2) is 8.42 Å². The average molecular weight is 133 g/mol. The monoisotopic (exact) mass is 133 g/mol. The van der Waals surface area contributed by atoms with Crippen molar-refractivity contribution in [1.29, 1.82) is 0 Å². The summed E-state index contributed by atoms with van der Waals surface area (Å²) in [6.07, 6.45) is 0. The van der Waals surface area contributed by atoms with Crippen molar-refractivity contribution < 1.29 is 8.42 Å². The lowest BCUT2D eigenvalue weighted by molar-refractivity contribution is 0.606. The smallest absolute Gasteiger partial charge is 0.194 e. The minimum absolute atomic E-state index is 0.164. The zero-order valence-electron chi connectivity index (χ0n) is 4.35. The Kier molecular flexibility index (Phi) is 1.04. The third kappa shape index (κ3) is 0.709. The Bertz CT molecular complexity index is 204. The molecule has 46 valence electrons. The molecular weight excluding hydrogens is 126 g/mol. The van der Waals surface area contributed by atoms with Crippen LogP contribution in [0.25, 0.3) is 0 Å². The van der Waals surface area contributed by atoms with E-state index >= 15 is 0 Å². The van der Waals surface area contributed by atoms with E-state index in [1.807, 2.05) is 0 Å². The quantitative estimate of drug-likeness (QED) is 0.483. The van der Waals surface area contributed by atoms with E-state index in [4.69, 9.17) is 0 Å². The van der Waals surface area contributed by atoms with Gasteiger partial charge in [0.2, 0.25) is 0 Å². The van der Waals surface area contributed by atoms with Gasteiger partial charge in [-0.05, 0) is 0 Å². The van der Waals surface area contributed by atoms with E-state index in [1.165, 1.54) is 0 Å². The second-order valence-corrected chi connectivity index (χ2v) is 3.80. The molecule has 8 heavy (non-hydrogen) atoms. The largest absolute Gasteiger partial charge is 0.375 e. The normalized spacial score (nSPS) is 25.2. The van der Waals surface area contributed by atoms with Gasteiger partial charge in [-0.1, -0.05) is 6.58 Å². The van der Waals surface area contributed by atoms with Gasteiger partial charge >= 0.3 is 0 Å². The summed E-state index contributed by atoms with van der Waals surface area (Å²) in [6.45, 7) is 3.82. The molecule has 0 saturated carbocycles. The second kappa shape index (κ2) is 1.48. The summed E-state index contributed by atoms with van der Waals surface area (Å²) in [7, 11) is -2.93. The van der Waals surface area contributed by atoms with Crippen LogP contribution in [0, 0.1) is 0 Å². The first-order valence-corrected chi connectivity index (χ1v) is 3.94. The van der Waals surface area contributed by atoms with Gasteiger partial charge in [-0.15, -0.1) is 0 Å². The zero-order valence-corrected chi connectivity index (χ0v) is 5.16. The lowest BCUT2D eigenvalue weighted by atomic mass is 10.7. The molecule has 0 atom stereocenters. The van der Waals surface area contributed by atoms with Gasteiger partial charge in [0.05, 0.1) is 5.75 Å². The summed E-state index contributed by atoms with van der Waals surface area (Å²) in [4.78, 5) is 0. The van der Waals surface area contributed by atoms with E-state index in [0.29, 0.717) is 6.54 Å². The predicted octanol–water partition coefficient (Wildman–Crippen LogP) is -0.524. The molecule has 0 spiro atoms. The van der Waals surface area contributed by atoms with Crippen LogP contribution in [0.4, 0.5) is 0 Å². The molecule has 0 bridgehead atoms. The highest BCUT2D eigenvalue weighted by Gasteiger charge is 2.20. The van der Waals surface area contributed by atoms with Crippen molar-refractivity contribution in [2.24, 2.45) is 0 Å². The van der Waals surface area contributed by atoms with Crippen molar-refractivity contribution in [3.63, 3.8) is 0 Å². The van der Waals surface area contributed by atoms with Crippen LogP contribution in [-0.4, -0.2) is 20.7 Å². The number of nitrogens with one attached hydrogen (secondary N) is 1.